The zero-order valence-corrected chi connectivity index (χ0v) is 65.2. The highest BCUT2D eigenvalue weighted by atomic mass is 28.3. The zero-order valence-electron chi connectivity index (χ0n) is 63.2. The summed E-state index contributed by atoms with van der Waals surface area (Å²) in [5, 5.41) is 0. The van der Waals surface area contributed by atoms with Crippen LogP contribution in [0.4, 0.5) is 0 Å². The van der Waals surface area contributed by atoms with E-state index < -0.39 is 16.1 Å². The van der Waals surface area contributed by atoms with Crippen LogP contribution < -0.4 is 18.9 Å². The molecule has 0 aliphatic rings. The molecule has 6 heteroatoms. The minimum atomic E-state index is -2.08. The summed E-state index contributed by atoms with van der Waals surface area (Å²) < 4.78 is 27.3. The Hall–Kier alpha value is -5.35. The number of hydrogen-bond acceptors (Lipinski definition) is 4. The van der Waals surface area contributed by atoms with E-state index in [1.54, 1.807) is 0 Å². The van der Waals surface area contributed by atoms with Crippen LogP contribution in [0, 0.1) is 70.8 Å². The maximum absolute atomic E-state index is 6.83. The first kappa shape index (κ1) is 82.9. The van der Waals surface area contributed by atoms with Gasteiger partial charge in [0, 0.05) is 41.0 Å². The second kappa shape index (κ2) is 49.2. The molecule has 0 saturated carbocycles. The van der Waals surface area contributed by atoms with Gasteiger partial charge in [-0.25, -0.2) is 0 Å². The first-order chi connectivity index (χ1) is 45.4. The fourth-order valence-electron chi connectivity index (χ4n) is 14.1. The van der Waals surface area contributed by atoms with E-state index in [9.17, 15) is 0 Å². The van der Waals surface area contributed by atoms with Crippen LogP contribution in [-0.2, 0) is 0 Å². The highest BCUT2D eigenvalue weighted by molar-refractivity contribution is 6.91. The van der Waals surface area contributed by atoms with Gasteiger partial charge in [0.1, 0.15) is 39.1 Å². The van der Waals surface area contributed by atoms with Gasteiger partial charge in [0.25, 0.3) is 0 Å². The van der Waals surface area contributed by atoms with Crippen molar-refractivity contribution in [2.24, 2.45) is 0 Å². The summed E-state index contributed by atoms with van der Waals surface area (Å²) in [5.74, 6) is 33.6. The van der Waals surface area contributed by atoms with E-state index in [2.05, 4.69) is 205 Å². The Balaban J connectivity index is 2.33. The Labute approximate surface area is 582 Å². The smallest absolute Gasteiger partial charge is 0.146 e. The molecule has 0 spiro atoms. The van der Waals surface area contributed by atoms with Crippen molar-refractivity contribution in [3.8, 4) is 93.8 Å². The van der Waals surface area contributed by atoms with Gasteiger partial charge in [-0.1, -0.05) is 332 Å². The minimum absolute atomic E-state index is 0.498. The van der Waals surface area contributed by atoms with Crippen LogP contribution in [0.2, 0.25) is 33.2 Å². The zero-order chi connectivity index (χ0) is 68.8. The van der Waals surface area contributed by atoms with Gasteiger partial charge in [-0.15, -0.1) is 17.5 Å². The fourth-order valence-corrected chi connectivity index (χ4v) is 24.5. The molecule has 0 saturated heterocycles. The number of terminal acetylenes is 1. The lowest BCUT2D eigenvalue weighted by atomic mass is 10.0. The van der Waals surface area contributed by atoms with E-state index in [0.29, 0.717) is 59.7 Å². The Morgan fingerprint density at radius 3 is 0.713 bits per heavy atom. The van der Waals surface area contributed by atoms with Gasteiger partial charge >= 0.3 is 0 Å². The maximum Gasteiger partial charge on any atom is 0.146 e. The Morgan fingerprint density at radius 1 is 0.277 bits per heavy atom. The molecular weight excluding hydrogens is 1180 g/mol. The van der Waals surface area contributed by atoms with E-state index in [4.69, 9.17) is 25.4 Å². The van der Waals surface area contributed by atoms with Gasteiger partial charge in [0.05, 0.1) is 48.7 Å². The summed E-state index contributed by atoms with van der Waals surface area (Å²) >= 11 is 0. The molecule has 0 heterocycles. The molecule has 518 valence electrons. The molecule has 0 unspecified atom stereocenters. The Bertz CT molecular complexity index is 2740. The number of rotatable bonds is 46. The lowest BCUT2D eigenvalue weighted by molar-refractivity contribution is 0.295. The van der Waals surface area contributed by atoms with Crippen molar-refractivity contribution in [2.45, 2.75) is 349 Å². The van der Waals surface area contributed by atoms with Crippen molar-refractivity contribution in [3.63, 3.8) is 0 Å². The maximum atomic E-state index is 6.83. The molecule has 3 aromatic carbocycles. The lowest BCUT2D eigenvalue weighted by Gasteiger charge is -2.38. The molecule has 0 aliphatic heterocycles. The van der Waals surface area contributed by atoms with E-state index in [1.807, 2.05) is 12.1 Å². The number of hydrogen-bond donors (Lipinski definition) is 0. The van der Waals surface area contributed by atoms with Gasteiger partial charge < -0.3 is 18.9 Å². The van der Waals surface area contributed by atoms with Gasteiger partial charge in [-0.3, -0.25) is 0 Å². The fraction of sp³-hybridized carbons (Fsp3) is 0.659. The molecule has 3 aromatic rings. The van der Waals surface area contributed by atoms with Crippen molar-refractivity contribution in [1.29, 1.82) is 0 Å². The standard InChI is InChI=1S/C88H134O4Si2/c1-18-23-28-32-36-40-44-48-59-89-85-70-83(57-63-93(72(6)7,73(8)9)74(10)11)87(91-61-50-46-42-38-34-30-25-20-3)68-81(85)55-53-79-65-78(52-27-22-5)66-80(67-79)54-56-82-69-88(92-62-51-47-43-39-35-31-26-21-4)84(58-64-94(75(12)13,76(14)15)77(16)17)71-86(82)90-60-49-45-41-37-33-29-24-19-2/h5,65-77H,18-21,23-26,28-51,59-62H2,1-4,6-17H3. The molecule has 0 atom stereocenters. The molecule has 0 bridgehead atoms. The summed E-state index contributed by atoms with van der Waals surface area (Å²) in [7, 11) is -4.17. The number of benzene rings is 3. The normalized spacial score (nSPS) is 11.4. The van der Waals surface area contributed by atoms with E-state index >= 15 is 0 Å². The second-order valence-corrected chi connectivity index (χ2v) is 40.1. The van der Waals surface area contributed by atoms with Crippen LogP contribution in [0.3, 0.4) is 0 Å². The highest BCUT2D eigenvalue weighted by Crippen LogP contribution is 2.43. The van der Waals surface area contributed by atoms with Crippen molar-refractivity contribution in [3.05, 3.63) is 81.4 Å². The van der Waals surface area contributed by atoms with Crippen molar-refractivity contribution < 1.29 is 18.9 Å². The quantitative estimate of drug-likeness (QED) is 0.0321. The molecular formula is C88H134O4Si2. The summed E-state index contributed by atoms with van der Waals surface area (Å²) in [6, 6.07) is 14.5. The molecule has 4 nitrogen and oxygen atoms in total. The third-order valence-electron chi connectivity index (χ3n) is 19.6. The molecule has 0 amide bonds. The average Bonchev–Trinajstić information content (AvgIpc) is 0.807. The number of ether oxygens (including phenoxy) is 4. The van der Waals surface area contributed by atoms with E-state index in [0.717, 1.165) is 113 Å². The minimum Gasteiger partial charge on any atom is -0.492 e. The van der Waals surface area contributed by atoms with Gasteiger partial charge in [-0.2, -0.15) is 0 Å². The number of unbranched alkanes of at least 4 members (excludes halogenated alkanes) is 28. The predicted octanol–water partition coefficient (Wildman–Crippen LogP) is 25.7. The van der Waals surface area contributed by atoms with Crippen LogP contribution >= 0.6 is 0 Å². The first-order valence-electron chi connectivity index (χ1n) is 38.5. The molecule has 0 aliphatic carbocycles. The van der Waals surface area contributed by atoms with Crippen LogP contribution in [0.1, 0.15) is 355 Å². The molecule has 0 fully saturated rings. The van der Waals surface area contributed by atoms with Gasteiger partial charge in [0.2, 0.25) is 0 Å². The summed E-state index contributed by atoms with van der Waals surface area (Å²) in [4.78, 5) is 0. The largest absolute Gasteiger partial charge is 0.492 e. The summed E-state index contributed by atoms with van der Waals surface area (Å²) in [6.07, 6.45) is 45.1. The third-order valence-corrected chi connectivity index (χ3v) is 32.2. The Morgan fingerprint density at radius 2 is 0.489 bits per heavy atom. The van der Waals surface area contributed by atoms with Crippen molar-refractivity contribution >= 4 is 16.1 Å². The van der Waals surface area contributed by atoms with Gasteiger partial charge in [0.15, 0.2) is 0 Å². The molecule has 3 rings (SSSR count). The second-order valence-electron chi connectivity index (χ2n) is 29.0. The monoisotopic (exact) mass is 1310 g/mol. The van der Waals surface area contributed by atoms with Crippen LogP contribution in [0.15, 0.2) is 42.5 Å². The summed E-state index contributed by atoms with van der Waals surface area (Å²) in [6.45, 7) is 40.1. The predicted molar refractivity (Wildman–Crippen MR) is 415 cm³/mol. The van der Waals surface area contributed by atoms with Crippen molar-refractivity contribution in [2.75, 3.05) is 26.4 Å². The first-order valence-corrected chi connectivity index (χ1v) is 43.0. The topological polar surface area (TPSA) is 36.9 Å². The molecule has 0 aromatic heterocycles. The molecule has 94 heavy (non-hydrogen) atoms. The van der Waals surface area contributed by atoms with Crippen LogP contribution in [0.5, 0.6) is 23.0 Å². The SMILES string of the molecule is C#CC#Cc1cc(C#Cc2cc(OCCCCCCCCCC)c(C#C[Si](C(C)C)(C(C)C)C(C)C)cc2OCCCCCCCCCC)cc(C#Cc2cc(OCCCCCCCCCC)c(C#C[Si](C(C)C)(C(C)C)C(C)C)cc2OCCCCCCCCCC)c1. The Kier molecular flexibility index (Phi) is 43.4. The van der Waals surface area contributed by atoms with Crippen LogP contribution in [0.25, 0.3) is 0 Å². The van der Waals surface area contributed by atoms with Crippen LogP contribution in [-0.4, -0.2) is 42.6 Å². The summed E-state index contributed by atoms with van der Waals surface area (Å²) in [5.41, 5.74) is 16.6. The van der Waals surface area contributed by atoms with Crippen molar-refractivity contribution in [1.82, 2.24) is 0 Å². The van der Waals surface area contributed by atoms with Gasteiger partial charge in [-0.05, 0) is 89.0 Å². The average molecular weight is 1310 g/mol. The van der Waals surface area contributed by atoms with E-state index in [-0.39, 0.29) is 0 Å². The molecule has 0 radical (unpaired) electrons. The lowest BCUT2D eigenvalue weighted by Crippen LogP contribution is -2.43. The molecule has 0 N–H and O–H groups in total. The highest BCUT2D eigenvalue weighted by Gasteiger charge is 2.43. The third kappa shape index (κ3) is 30.4. The van der Waals surface area contributed by atoms with E-state index in [1.165, 1.54) is 154 Å².